The summed E-state index contributed by atoms with van der Waals surface area (Å²) in [5, 5.41) is 11.3. The number of nitrogens with one attached hydrogen (secondary N) is 1. The van der Waals surface area contributed by atoms with Gasteiger partial charge in [0.15, 0.2) is 5.54 Å². The van der Waals surface area contributed by atoms with E-state index in [1.165, 1.54) is 0 Å². The van der Waals surface area contributed by atoms with Gasteiger partial charge in [-0.3, -0.25) is 0 Å². The standard InChI is InChI=1S/C13H11Cl3F3NO4/c1-11(9(21)22,20-10(23)24-6-12(14,15)16)7-2-4-8(5-3-7)13(17,18)19/h2-5H,6H2,1H3,(H,20,23)(H,21,22)/t11-/m0/s1. The molecule has 0 saturated carbocycles. The molecule has 1 rings (SSSR count). The number of hydrogen-bond acceptors (Lipinski definition) is 3. The van der Waals surface area contributed by atoms with Crippen LogP contribution in [0.3, 0.4) is 0 Å². The Labute approximate surface area is 149 Å². The number of rotatable bonds is 4. The van der Waals surface area contributed by atoms with E-state index in [1.54, 1.807) is 0 Å². The second-order valence-corrected chi connectivity index (χ2v) is 7.34. The molecule has 0 radical (unpaired) electrons. The minimum Gasteiger partial charge on any atom is -0.479 e. The maximum atomic E-state index is 12.6. The minimum atomic E-state index is -4.57. The Morgan fingerprint density at radius 3 is 1.96 bits per heavy atom. The normalized spacial score (nSPS) is 14.6. The molecule has 1 aromatic carbocycles. The van der Waals surface area contributed by atoms with Gasteiger partial charge in [-0.25, -0.2) is 9.59 Å². The molecule has 0 heterocycles. The number of hydrogen-bond donors (Lipinski definition) is 2. The third-order valence-electron chi connectivity index (χ3n) is 2.94. The van der Waals surface area contributed by atoms with Crippen molar-refractivity contribution in [1.29, 1.82) is 0 Å². The van der Waals surface area contributed by atoms with Crippen LogP contribution in [0.4, 0.5) is 18.0 Å². The molecule has 0 aliphatic carbocycles. The molecular formula is C13H11Cl3F3NO4. The van der Waals surface area contributed by atoms with E-state index in [0.717, 1.165) is 19.1 Å². The lowest BCUT2D eigenvalue weighted by Crippen LogP contribution is -2.50. The summed E-state index contributed by atoms with van der Waals surface area (Å²) in [7, 11) is 0. The highest BCUT2D eigenvalue weighted by molar-refractivity contribution is 6.67. The van der Waals surface area contributed by atoms with E-state index in [0.29, 0.717) is 12.1 Å². The van der Waals surface area contributed by atoms with Gasteiger partial charge in [-0.1, -0.05) is 46.9 Å². The Hall–Kier alpha value is -1.38. The average molecular weight is 409 g/mol. The molecule has 24 heavy (non-hydrogen) atoms. The molecule has 0 unspecified atom stereocenters. The summed E-state index contributed by atoms with van der Waals surface area (Å²) in [6, 6.07) is 3.27. The summed E-state index contributed by atoms with van der Waals surface area (Å²) in [5.74, 6) is -1.52. The molecule has 0 fully saturated rings. The lowest BCUT2D eigenvalue weighted by molar-refractivity contribution is -0.144. The Balaban J connectivity index is 3.00. The van der Waals surface area contributed by atoms with Crippen molar-refractivity contribution in [1.82, 2.24) is 5.32 Å². The SMILES string of the molecule is C[C@@](NC(=O)OCC(Cl)(Cl)Cl)(C(=O)O)c1ccc(C(F)(F)F)cc1. The van der Waals surface area contributed by atoms with Crippen LogP contribution in [0.1, 0.15) is 18.1 Å². The number of carboxylic acids is 1. The van der Waals surface area contributed by atoms with Gasteiger partial charge < -0.3 is 15.2 Å². The first-order valence-corrected chi connectivity index (χ1v) is 7.32. The molecule has 0 bridgehead atoms. The Morgan fingerprint density at radius 2 is 1.58 bits per heavy atom. The molecule has 11 heteroatoms. The molecule has 0 spiro atoms. The van der Waals surface area contributed by atoms with Gasteiger partial charge in [0.1, 0.15) is 6.61 Å². The molecule has 2 N–H and O–H groups in total. The summed E-state index contributed by atoms with van der Waals surface area (Å²) in [4.78, 5) is 23.1. The highest BCUT2D eigenvalue weighted by Gasteiger charge is 2.39. The van der Waals surface area contributed by atoms with Gasteiger partial charge in [0, 0.05) is 0 Å². The van der Waals surface area contributed by atoms with E-state index in [4.69, 9.17) is 34.8 Å². The number of aliphatic carboxylic acids is 1. The van der Waals surface area contributed by atoms with Crippen LogP contribution in [0.25, 0.3) is 0 Å². The van der Waals surface area contributed by atoms with E-state index in [-0.39, 0.29) is 5.56 Å². The molecule has 0 saturated heterocycles. The molecule has 1 aromatic rings. The monoisotopic (exact) mass is 407 g/mol. The quantitative estimate of drug-likeness (QED) is 0.736. The Kier molecular flexibility index (Phi) is 6.24. The Bertz CT molecular complexity index is 616. The Morgan fingerprint density at radius 1 is 1.12 bits per heavy atom. The van der Waals surface area contributed by atoms with Crippen LogP contribution in [-0.2, 0) is 21.2 Å². The molecule has 1 amide bonds. The second-order valence-electron chi connectivity index (χ2n) is 4.82. The number of carbonyl (C=O) groups excluding carboxylic acids is 1. The number of halogens is 6. The maximum Gasteiger partial charge on any atom is 0.416 e. The molecule has 134 valence electrons. The van der Waals surface area contributed by atoms with Gasteiger partial charge in [-0.15, -0.1) is 0 Å². The van der Waals surface area contributed by atoms with Crippen molar-refractivity contribution in [2.75, 3.05) is 6.61 Å². The van der Waals surface area contributed by atoms with Crippen LogP contribution < -0.4 is 5.32 Å². The van der Waals surface area contributed by atoms with Crippen LogP contribution in [0.15, 0.2) is 24.3 Å². The first kappa shape index (κ1) is 20.7. The van der Waals surface area contributed by atoms with Gasteiger partial charge in [0.2, 0.25) is 3.79 Å². The summed E-state index contributed by atoms with van der Waals surface area (Å²) in [6.07, 6.45) is -5.79. The van der Waals surface area contributed by atoms with Crippen molar-refractivity contribution in [3.05, 3.63) is 35.4 Å². The number of alkyl halides is 6. The van der Waals surface area contributed by atoms with Crippen LogP contribution >= 0.6 is 34.8 Å². The summed E-state index contributed by atoms with van der Waals surface area (Å²) in [5.41, 5.74) is -3.11. The summed E-state index contributed by atoms with van der Waals surface area (Å²) < 4.78 is 40.3. The highest BCUT2D eigenvalue weighted by atomic mass is 35.6. The van der Waals surface area contributed by atoms with Gasteiger partial charge in [0.25, 0.3) is 0 Å². The molecule has 0 aliphatic rings. The van der Waals surface area contributed by atoms with Gasteiger partial charge in [0.05, 0.1) is 5.56 Å². The predicted molar refractivity (Wildman–Crippen MR) is 81.2 cm³/mol. The van der Waals surface area contributed by atoms with E-state index in [2.05, 4.69) is 4.74 Å². The number of ether oxygens (including phenoxy) is 1. The van der Waals surface area contributed by atoms with Crippen molar-refractivity contribution < 1.29 is 32.6 Å². The van der Waals surface area contributed by atoms with Crippen LogP contribution in [0.5, 0.6) is 0 Å². The number of carbonyl (C=O) groups is 2. The summed E-state index contributed by atoms with van der Waals surface area (Å²) in [6.45, 7) is 0.431. The van der Waals surface area contributed by atoms with Gasteiger partial charge in [-0.2, -0.15) is 13.2 Å². The molecule has 0 aromatic heterocycles. The number of alkyl carbamates (subject to hydrolysis) is 1. The maximum absolute atomic E-state index is 12.6. The van der Waals surface area contributed by atoms with Crippen LogP contribution in [-0.4, -0.2) is 27.6 Å². The van der Waals surface area contributed by atoms with Crippen molar-refractivity contribution >= 4 is 46.9 Å². The van der Waals surface area contributed by atoms with Crippen molar-refractivity contribution in [2.45, 2.75) is 22.4 Å². The minimum absolute atomic E-state index is 0.103. The zero-order chi connectivity index (χ0) is 18.8. The van der Waals surface area contributed by atoms with Gasteiger partial charge >= 0.3 is 18.2 Å². The second kappa shape index (κ2) is 7.25. The lowest BCUT2D eigenvalue weighted by atomic mass is 9.91. The van der Waals surface area contributed by atoms with Crippen LogP contribution in [0, 0.1) is 0 Å². The topological polar surface area (TPSA) is 75.6 Å². The average Bonchev–Trinajstić information content (AvgIpc) is 2.43. The van der Waals surface area contributed by atoms with E-state index in [9.17, 15) is 27.9 Å². The predicted octanol–water partition coefficient (Wildman–Crippen LogP) is 4.10. The van der Waals surface area contributed by atoms with Gasteiger partial charge in [-0.05, 0) is 24.6 Å². The smallest absolute Gasteiger partial charge is 0.416 e. The van der Waals surface area contributed by atoms with E-state index >= 15 is 0 Å². The van der Waals surface area contributed by atoms with Crippen LogP contribution in [0.2, 0.25) is 0 Å². The highest BCUT2D eigenvalue weighted by Crippen LogP contribution is 2.31. The van der Waals surface area contributed by atoms with Crippen molar-refractivity contribution in [2.24, 2.45) is 0 Å². The lowest BCUT2D eigenvalue weighted by Gasteiger charge is -2.27. The van der Waals surface area contributed by atoms with Crippen molar-refractivity contribution in [3.63, 3.8) is 0 Å². The largest absolute Gasteiger partial charge is 0.479 e. The molecule has 1 atom stereocenters. The molecule has 0 aliphatic heterocycles. The number of carboxylic acid groups (broad SMARTS) is 1. The number of amides is 1. The first-order chi connectivity index (χ1) is 10.8. The number of benzene rings is 1. The van der Waals surface area contributed by atoms with Crippen molar-refractivity contribution in [3.8, 4) is 0 Å². The molecular weight excluding hydrogens is 397 g/mol. The zero-order valence-corrected chi connectivity index (χ0v) is 14.2. The first-order valence-electron chi connectivity index (χ1n) is 6.18. The van der Waals surface area contributed by atoms with E-state index < -0.39 is 39.7 Å². The van der Waals surface area contributed by atoms with E-state index in [1.807, 2.05) is 5.32 Å². The molecule has 5 nitrogen and oxygen atoms in total. The summed E-state index contributed by atoms with van der Waals surface area (Å²) >= 11 is 16.2. The zero-order valence-electron chi connectivity index (χ0n) is 12.0. The third kappa shape index (κ3) is 5.61. The fourth-order valence-corrected chi connectivity index (χ4v) is 1.79. The fraction of sp³-hybridized carbons (Fsp3) is 0.385. The fourth-order valence-electron chi connectivity index (χ4n) is 1.63. The third-order valence-corrected chi connectivity index (χ3v) is 3.26.